The Kier molecular flexibility index (Phi) is 3.93. The van der Waals surface area contributed by atoms with Crippen molar-refractivity contribution in [2.45, 2.75) is 25.0 Å². The molecule has 0 aromatic carbocycles. The molecule has 2 atom stereocenters. The van der Waals surface area contributed by atoms with Crippen molar-refractivity contribution in [2.75, 3.05) is 13.1 Å². The van der Waals surface area contributed by atoms with E-state index in [1.54, 1.807) is 11.3 Å². The van der Waals surface area contributed by atoms with E-state index in [4.69, 9.17) is 0 Å². The van der Waals surface area contributed by atoms with Crippen molar-refractivity contribution in [3.8, 4) is 0 Å². The Bertz CT molecular complexity index is 334. The second-order valence-corrected chi connectivity index (χ2v) is 4.75. The van der Waals surface area contributed by atoms with Crippen molar-refractivity contribution < 1.29 is 9.90 Å². The van der Waals surface area contributed by atoms with E-state index in [1.807, 2.05) is 16.8 Å². The molecule has 88 valence electrons. The summed E-state index contributed by atoms with van der Waals surface area (Å²) >= 11 is 1.54. The first-order valence-corrected chi connectivity index (χ1v) is 6.43. The Hall–Kier alpha value is -0.910. The van der Waals surface area contributed by atoms with Gasteiger partial charge in [-0.15, -0.1) is 0 Å². The fourth-order valence-electron chi connectivity index (χ4n) is 1.81. The standard InChI is InChI=1S/C11H16N2O2S/c14-10(8-3-5-16-7-8)6-13-11(15)9-2-1-4-12-9/h3,5,7,9-10,12,14H,1-2,4,6H2,(H,13,15)/t9-,10?/m0/s1. The van der Waals surface area contributed by atoms with Gasteiger partial charge in [0, 0.05) is 6.54 Å². The average molecular weight is 240 g/mol. The van der Waals surface area contributed by atoms with E-state index in [2.05, 4.69) is 10.6 Å². The molecule has 2 heterocycles. The first-order chi connectivity index (χ1) is 7.77. The molecule has 1 aromatic rings. The summed E-state index contributed by atoms with van der Waals surface area (Å²) in [5, 5.41) is 19.5. The second kappa shape index (κ2) is 5.43. The molecule has 1 unspecified atom stereocenters. The zero-order chi connectivity index (χ0) is 11.4. The van der Waals surface area contributed by atoms with Crippen LogP contribution in [0.2, 0.25) is 0 Å². The highest BCUT2D eigenvalue weighted by molar-refractivity contribution is 7.07. The van der Waals surface area contributed by atoms with Crippen LogP contribution in [0.5, 0.6) is 0 Å². The summed E-state index contributed by atoms with van der Waals surface area (Å²) < 4.78 is 0. The monoisotopic (exact) mass is 240 g/mol. The molecule has 16 heavy (non-hydrogen) atoms. The van der Waals surface area contributed by atoms with Crippen molar-refractivity contribution >= 4 is 17.2 Å². The normalized spacial score (nSPS) is 21.9. The van der Waals surface area contributed by atoms with Gasteiger partial charge in [0.2, 0.25) is 5.91 Å². The van der Waals surface area contributed by atoms with Gasteiger partial charge >= 0.3 is 0 Å². The number of nitrogens with one attached hydrogen (secondary N) is 2. The number of carbonyl (C=O) groups is 1. The van der Waals surface area contributed by atoms with E-state index >= 15 is 0 Å². The number of hydrogen-bond donors (Lipinski definition) is 3. The Morgan fingerprint density at radius 3 is 3.25 bits per heavy atom. The van der Waals surface area contributed by atoms with Gasteiger partial charge in [-0.05, 0) is 41.8 Å². The third kappa shape index (κ3) is 2.81. The lowest BCUT2D eigenvalue weighted by molar-refractivity contribution is -0.123. The van der Waals surface area contributed by atoms with Gasteiger partial charge < -0.3 is 15.7 Å². The minimum Gasteiger partial charge on any atom is -0.387 e. The Balaban J connectivity index is 1.76. The average Bonchev–Trinajstić information content (AvgIpc) is 2.95. The number of carbonyl (C=O) groups excluding carboxylic acids is 1. The zero-order valence-electron chi connectivity index (χ0n) is 8.98. The number of amides is 1. The molecule has 1 aromatic heterocycles. The van der Waals surface area contributed by atoms with Crippen LogP contribution < -0.4 is 10.6 Å². The van der Waals surface area contributed by atoms with Crippen molar-refractivity contribution in [3.05, 3.63) is 22.4 Å². The van der Waals surface area contributed by atoms with Gasteiger partial charge in [-0.3, -0.25) is 4.79 Å². The molecule has 3 N–H and O–H groups in total. The van der Waals surface area contributed by atoms with Crippen LogP contribution in [0.25, 0.3) is 0 Å². The van der Waals surface area contributed by atoms with Gasteiger partial charge in [0.15, 0.2) is 0 Å². The number of thiophene rings is 1. The molecule has 0 bridgehead atoms. The molecule has 1 saturated heterocycles. The third-order valence-corrected chi connectivity index (χ3v) is 3.48. The molecular formula is C11H16N2O2S. The van der Waals surface area contributed by atoms with E-state index in [0.29, 0.717) is 0 Å². The highest BCUT2D eigenvalue weighted by atomic mass is 32.1. The predicted octanol–water partition coefficient (Wildman–Crippen LogP) is 0.650. The van der Waals surface area contributed by atoms with Crippen molar-refractivity contribution in [2.24, 2.45) is 0 Å². The van der Waals surface area contributed by atoms with E-state index < -0.39 is 6.10 Å². The minimum absolute atomic E-state index is 0.00761. The zero-order valence-corrected chi connectivity index (χ0v) is 9.80. The Morgan fingerprint density at radius 1 is 1.75 bits per heavy atom. The lowest BCUT2D eigenvalue weighted by atomic mass is 10.2. The summed E-state index contributed by atoms with van der Waals surface area (Å²) in [5.74, 6) is -0.00761. The number of rotatable bonds is 4. The molecule has 2 rings (SSSR count). The molecule has 1 fully saturated rings. The van der Waals surface area contributed by atoms with Gasteiger partial charge in [0.1, 0.15) is 0 Å². The lowest BCUT2D eigenvalue weighted by Crippen LogP contribution is -2.41. The highest BCUT2D eigenvalue weighted by Gasteiger charge is 2.22. The molecule has 1 amide bonds. The molecule has 0 aliphatic carbocycles. The molecular weight excluding hydrogens is 224 g/mol. The Labute approximate surface area is 98.7 Å². The van der Waals surface area contributed by atoms with Gasteiger partial charge in [-0.25, -0.2) is 0 Å². The van der Waals surface area contributed by atoms with Crippen LogP contribution in [-0.2, 0) is 4.79 Å². The summed E-state index contributed by atoms with van der Waals surface area (Å²) in [6, 6.07) is 1.80. The van der Waals surface area contributed by atoms with Crippen LogP contribution in [-0.4, -0.2) is 30.1 Å². The SMILES string of the molecule is O=C(NCC(O)c1ccsc1)[C@@H]1CCCN1. The molecule has 0 spiro atoms. The van der Waals surface area contributed by atoms with Gasteiger partial charge in [0.25, 0.3) is 0 Å². The highest BCUT2D eigenvalue weighted by Crippen LogP contribution is 2.15. The largest absolute Gasteiger partial charge is 0.387 e. The number of hydrogen-bond acceptors (Lipinski definition) is 4. The summed E-state index contributed by atoms with van der Waals surface area (Å²) in [6.07, 6.45) is 1.34. The predicted molar refractivity (Wildman–Crippen MR) is 63.3 cm³/mol. The summed E-state index contributed by atoms with van der Waals surface area (Å²) in [6.45, 7) is 1.19. The van der Waals surface area contributed by atoms with Gasteiger partial charge in [-0.2, -0.15) is 11.3 Å². The van der Waals surface area contributed by atoms with Crippen molar-refractivity contribution in [3.63, 3.8) is 0 Å². The van der Waals surface area contributed by atoms with Gasteiger partial charge in [0.05, 0.1) is 12.1 Å². The molecule has 5 heteroatoms. The summed E-state index contributed by atoms with van der Waals surface area (Å²) in [7, 11) is 0. The fraction of sp³-hybridized carbons (Fsp3) is 0.545. The molecule has 0 saturated carbocycles. The van der Waals surface area contributed by atoms with Gasteiger partial charge in [-0.1, -0.05) is 0 Å². The summed E-state index contributed by atoms with van der Waals surface area (Å²) in [4.78, 5) is 11.6. The maximum absolute atomic E-state index is 11.6. The molecule has 4 nitrogen and oxygen atoms in total. The maximum Gasteiger partial charge on any atom is 0.237 e. The number of aliphatic hydroxyl groups is 1. The first kappa shape index (κ1) is 11.6. The van der Waals surface area contributed by atoms with Crippen molar-refractivity contribution in [1.82, 2.24) is 10.6 Å². The first-order valence-electron chi connectivity index (χ1n) is 5.48. The van der Waals surface area contributed by atoms with Crippen LogP contribution in [0, 0.1) is 0 Å². The fourth-order valence-corrected chi connectivity index (χ4v) is 2.52. The van der Waals surface area contributed by atoms with Crippen molar-refractivity contribution in [1.29, 1.82) is 0 Å². The van der Waals surface area contributed by atoms with E-state index in [0.717, 1.165) is 24.9 Å². The topological polar surface area (TPSA) is 61.4 Å². The summed E-state index contributed by atoms with van der Waals surface area (Å²) in [5.41, 5.74) is 0.865. The lowest BCUT2D eigenvalue weighted by Gasteiger charge is -2.14. The maximum atomic E-state index is 11.6. The molecule has 0 radical (unpaired) electrons. The van der Waals surface area contributed by atoms with E-state index in [1.165, 1.54) is 0 Å². The van der Waals surface area contributed by atoms with Crippen LogP contribution >= 0.6 is 11.3 Å². The molecule has 1 aliphatic rings. The van der Waals surface area contributed by atoms with Crippen LogP contribution in [0.1, 0.15) is 24.5 Å². The van der Waals surface area contributed by atoms with Crippen LogP contribution in [0.3, 0.4) is 0 Å². The van der Waals surface area contributed by atoms with Crippen LogP contribution in [0.4, 0.5) is 0 Å². The Morgan fingerprint density at radius 2 is 2.62 bits per heavy atom. The molecule has 1 aliphatic heterocycles. The van der Waals surface area contributed by atoms with E-state index in [-0.39, 0.29) is 18.5 Å². The van der Waals surface area contributed by atoms with E-state index in [9.17, 15) is 9.90 Å². The third-order valence-electron chi connectivity index (χ3n) is 2.77. The minimum atomic E-state index is -0.600. The van der Waals surface area contributed by atoms with Crippen LogP contribution in [0.15, 0.2) is 16.8 Å². The smallest absolute Gasteiger partial charge is 0.237 e. The number of aliphatic hydroxyl groups excluding tert-OH is 1. The second-order valence-electron chi connectivity index (χ2n) is 3.97. The quantitative estimate of drug-likeness (QED) is 0.724.